The normalized spacial score (nSPS) is 11.6. The molecule has 2 heterocycles. The first-order valence-electron chi connectivity index (χ1n) is 5.80. The summed E-state index contributed by atoms with van der Waals surface area (Å²) < 4.78 is 41.5. The lowest BCUT2D eigenvalue weighted by Gasteiger charge is -2.07. The molecule has 2 aromatic heterocycles. The molecule has 0 bridgehead atoms. The zero-order chi connectivity index (χ0) is 15.5. The van der Waals surface area contributed by atoms with E-state index >= 15 is 0 Å². The molecule has 0 saturated heterocycles. The number of alkyl halides is 3. The Kier molecular flexibility index (Phi) is 4.46. The molecule has 114 valence electrons. The van der Waals surface area contributed by atoms with Gasteiger partial charge in [0, 0.05) is 6.42 Å². The number of nitrogens with one attached hydrogen (secondary N) is 1. The first kappa shape index (κ1) is 15.3. The van der Waals surface area contributed by atoms with Crippen LogP contribution in [0, 0.1) is 0 Å². The van der Waals surface area contributed by atoms with E-state index in [1.807, 2.05) is 0 Å². The molecular weight excluding hydrogens is 311 g/mol. The molecule has 6 nitrogen and oxygen atoms in total. The van der Waals surface area contributed by atoms with Crippen molar-refractivity contribution in [3.8, 4) is 10.8 Å². The maximum absolute atomic E-state index is 11.9. The van der Waals surface area contributed by atoms with Crippen LogP contribution in [0.3, 0.4) is 0 Å². The van der Waals surface area contributed by atoms with Crippen molar-refractivity contribution < 1.29 is 22.4 Å². The summed E-state index contributed by atoms with van der Waals surface area (Å²) in [4.78, 5) is 23.4. The highest BCUT2D eigenvalue weighted by Gasteiger charge is 2.27. The summed E-state index contributed by atoms with van der Waals surface area (Å²) in [5, 5.41) is 7.37. The molecule has 0 atom stereocenters. The number of rotatable bonds is 5. The van der Waals surface area contributed by atoms with Crippen LogP contribution in [0.5, 0.6) is 0 Å². The first-order chi connectivity index (χ1) is 9.85. The van der Waals surface area contributed by atoms with Crippen LogP contribution in [-0.2, 0) is 11.3 Å². The summed E-state index contributed by atoms with van der Waals surface area (Å²) in [6.07, 6.45) is -4.76. The Labute approximate surface area is 120 Å². The van der Waals surface area contributed by atoms with E-state index in [1.54, 1.807) is 22.8 Å². The minimum atomic E-state index is -4.47. The van der Waals surface area contributed by atoms with Crippen molar-refractivity contribution in [2.45, 2.75) is 19.1 Å². The second-order valence-electron chi connectivity index (χ2n) is 4.02. The molecule has 0 aliphatic rings. The van der Waals surface area contributed by atoms with Crippen LogP contribution in [0.25, 0.3) is 10.8 Å². The van der Waals surface area contributed by atoms with Gasteiger partial charge in [0.25, 0.3) is 5.89 Å². The number of nitrogens with zero attached hydrogens (tertiary/aromatic N) is 2. The van der Waals surface area contributed by atoms with Crippen molar-refractivity contribution in [2.75, 3.05) is 6.54 Å². The Balaban J connectivity index is 1.92. The van der Waals surface area contributed by atoms with Crippen molar-refractivity contribution >= 4 is 17.2 Å². The van der Waals surface area contributed by atoms with Crippen LogP contribution in [0.15, 0.2) is 26.7 Å². The number of hydrogen-bond acceptors (Lipinski definition) is 5. The highest BCUT2D eigenvalue weighted by molar-refractivity contribution is 7.13. The van der Waals surface area contributed by atoms with Crippen molar-refractivity contribution in [3.05, 3.63) is 28.1 Å². The van der Waals surface area contributed by atoms with Gasteiger partial charge in [-0.15, -0.1) is 16.4 Å². The van der Waals surface area contributed by atoms with Crippen molar-refractivity contribution in [1.29, 1.82) is 0 Å². The maximum Gasteiger partial charge on any atom is 0.437 e. The van der Waals surface area contributed by atoms with Crippen LogP contribution in [0.2, 0.25) is 0 Å². The molecule has 2 aromatic rings. The first-order valence-corrected chi connectivity index (χ1v) is 6.68. The van der Waals surface area contributed by atoms with Gasteiger partial charge >= 0.3 is 11.9 Å². The van der Waals surface area contributed by atoms with Gasteiger partial charge in [0.05, 0.1) is 11.4 Å². The lowest BCUT2D eigenvalue weighted by Crippen LogP contribution is -2.34. The second-order valence-corrected chi connectivity index (χ2v) is 4.96. The number of halogens is 3. The maximum atomic E-state index is 11.9. The smallest absolute Gasteiger partial charge is 0.387 e. The van der Waals surface area contributed by atoms with Crippen molar-refractivity contribution in [3.63, 3.8) is 0 Å². The molecule has 2 rings (SSSR count). The number of carbonyl (C=O) groups excluding carboxylic acids is 1. The number of hydrogen-bond donors (Lipinski definition) is 1. The molecule has 0 aromatic carbocycles. The molecule has 0 fully saturated rings. The molecule has 0 saturated carbocycles. The molecule has 0 aliphatic carbocycles. The van der Waals surface area contributed by atoms with Gasteiger partial charge in [0.2, 0.25) is 5.91 Å². The number of carbonyl (C=O) groups is 1. The summed E-state index contributed by atoms with van der Waals surface area (Å²) in [5.74, 6) is -1.47. The Morgan fingerprint density at radius 1 is 1.48 bits per heavy atom. The van der Waals surface area contributed by atoms with E-state index in [2.05, 4.69) is 5.10 Å². The zero-order valence-corrected chi connectivity index (χ0v) is 11.3. The van der Waals surface area contributed by atoms with E-state index in [-0.39, 0.29) is 18.9 Å². The van der Waals surface area contributed by atoms with Gasteiger partial charge in [-0.2, -0.15) is 17.9 Å². The predicted molar refractivity (Wildman–Crippen MR) is 67.8 cm³/mol. The van der Waals surface area contributed by atoms with E-state index in [4.69, 9.17) is 4.42 Å². The standard InChI is InChI=1S/C11H10F3N3O3S/c12-11(13,14)6-15-8(18)3-4-17-10(19)20-9(16-17)7-2-1-5-21-7/h1-2,5H,3-4,6H2,(H,15,18). The third-order valence-corrected chi connectivity index (χ3v) is 3.23. The van der Waals surface area contributed by atoms with Gasteiger partial charge < -0.3 is 9.73 Å². The summed E-state index contributed by atoms with van der Waals surface area (Å²) in [6.45, 7) is -1.56. The molecular formula is C11H10F3N3O3S. The Morgan fingerprint density at radius 2 is 2.24 bits per heavy atom. The van der Waals surface area contributed by atoms with Gasteiger partial charge in [-0.1, -0.05) is 6.07 Å². The molecule has 1 N–H and O–H groups in total. The highest BCUT2D eigenvalue weighted by atomic mass is 32.1. The second kappa shape index (κ2) is 6.12. The summed E-state index contributed by atoms with van der Waals surface area (Å²) in [5.41, 5.74) is 0. The van der Waals surface area contributed by atoms with Crippen LogP contribution >= 0.6 is 11.3 Å². The Morgan fingerprint density at radius 3 is 2.86 bits per heavy atom. The fourth-order valence-electron chi connectivity index (χ4n) is 1.44. The van der Waals surface area contributed by atoms with E-state index in [0.717, 1.165) is 4.68 Å². The van der Waals surface area contributed by atoms with Gasteiger partial charge in [0.1, 0.15) is 6.54 Å². The Hall–Kier alpha value is -2.10. The number of amides is 1. The van der Waals surface area contributed by atoms with Gasteiger partial charge in [-0.05, 0) is 11.4 Å². The topological polar surface area (TPSA) is 77.1 Å². The van der Waals surface area contributed by atoms with E-state index < -0.39 is 24.4 Å². The average Bonchev–Trinajstić information content (AvgIpc) is 3.02. The van der Waals surface area contributed by atoms with E-state index in [0.29, 0.717) is 4.88 Å². The van der Waals surface area contributed by atoms with Crippen LogP contribution in [0.1, 0.15) is 6.42 Å². The lowest BCUT2D eigenvalue weighted by molar-refractivity contribution is -0.138. The van der Waals surface area contributed by atoms with Crippen LogP contribution in [-0.4, -0.2) is 28.4 Å². The Bertz CT molecular complexity index is 660. The minimum absolute atomic E-state index is 0.116. The largest absolute Gasteiger partial charge is 0.437 e. The summed E-state index contributed by atoms with van der Waals surface area (Å²) >= 11 is 1.32. The molecule has 0 spiro atoms. The van der Waals surface area contributed by atoms with Gasteiger partial charge in [-0.25, -0.2) is 4.79 Å². The third-order valence-electron chi connectivity index (χ3n) is 2.37. The zero-order valence-electron chi connectivity index (χ0n) is 10.5. The van der Waals surface area contributed by atoms with Crippen molar-refractivity contribution in [1.82, 2.24) is 15.1 Å². The monoisotopic (exact) mass is 321 g/mol. The van der Waals surface area contributed by atoms with E-state index in [9.17, 15) is 22.8 Å². The number of thiophene rings is 1. The molecule has 21 heavy (non-hydrogen) atoms. The van der Waals surface area contributed by atoms with Crippen LogP contribution in [0.4, 0.5) is 13.2 Å². The summed E-state index contributed by atoms with van der Waals surface area (Å²) in [7, 11) is 0. The van der Waals surface area contributed by atoms with Crippen LogP contribution < -0.4 is 11.1 Å². The fourth-order valence-corrected chi connectivity index (χ4v) is 2.09. The SMILES string of the molecule is O=C(CCn1nc(-c2cccs2)oc1=O)NCC(F)(F)F. The summed E-state index contributed by atoms with van der Waals surface area (Å²) in [6, 6.07) is 3.46. The van der Waals surface area contributed by atoms with E-state index in [1.165, 1.54) is 11.3 Å². The molecule has 1 amide bonds. The lowest BCUT2D eigenvalue weighted by atomic mass is 10.4. The predicted octanol–water partition coefficient (Wildman–Crippen LogP) is 1.63. The van der Waals surface area contributed by atoms with Gasteiger partial charge in [0.15, 0.2) is 0 Å². The molecule has 10 heteroatoms. The molecule has 0 unspecified atom stereocenters. The number of aromatic nitrogens is 2. The quantitative estimate of drug-likeness (QED) is 0.908. The molecule has 0 aliphatic heterocycles. The van der Waals surface area contributed by atoms with Gasteiger partial charge in [-0.3, -0.25) is 4.79 Å². The van der Waals surface area contributed by atoms with Crippen molar-refractivity contribution in [2.24, 2.45) is 0 Å². The third kappa shape index (κ3) is 4.45. The average molecular weight is 321 g/mol. The highest BCUT2D eigenvalue weighted by Crippen LogP contribution is 2.21. The molecule has 0 radical (unpaired) electrons. The minimum Gasteiger partial charge on any atom is -0.387 e. The number of aryl methyl sites for hydroxylation is 1. The fraction of sp³-hybridized carbons (Fsp3) is 0.364.